The fourth-order valence-electron chi connectivity index (χ4n) is 2.17. The molecule has 102 valence electrons. The molecule has 3 heteroatoms. The van der Waals surface area contributed by atoms with Crippen molar-refractivity contribution >= 4 is 0 Å². The van der Waals surface area contributed by atoms with Gasteiger partial charge in [-0.25, -0.2) is 0 Å². The van der Waals surface area contributed by atoms with Crippen LogP contribution in [0.2, 0.25) is 0 Å². The first-order chi connectivity index (χ1) is 9.00. The number of hydrogen-bond acceptors (Lipinski definition) is 2. The van der Waals surface area contributed by atoms with Crippen molar-refractivity contribution in [1.82, 2.24) is 15.1 Å². The topological polar surface area (TPSA) is 29.9 Å². The molecule has 1 heterocycles. The lowest BCUT2D eigenvalue weighted by Crippen LogP contribution is -2.22. The first-order valence-corrected chi connectivity index (χ1v) is 6.76. The minimum atomic E-state index is 0.204. The molecule has 1 aromatic carbocycles. The number of aromatic nitrogens is 2. The van der Waals surface area contributed by atoms with Gasteiger partial charge in [-0.15, -0.1) is 0 Å². The lowest BCUT2D eigenvalue weighted by molar-refractivity contribution is 0.468. The Morgan fingerprint density at radius 3 is 2.37 bits per heavy atom. The van der Waals surface area contributed by atoms with Gasteiger partial charge in [-0.3, -0.25) is 4.68 Å². The van der Waals surface area contributed by atoms with Crippen molar-refractivity contribution in [2.45, 2.75) is 38.8 Å². The Bertz CT molecular complexity index is 492. The largest absolute Gasteiger partial charge is 0.311 e. The van der Waals surface area contributed by atoms with Crippen molar-refractivity contribution in [1.29, 1.82) is 0 Å². The van der Waals surface area contributed by atoms with E-state index in [1.54, 1.807) is 0 Å². The van der Waals surface area contributed by atoms with E-state index < -0.39 is 0 Å². The molecule has 0 aliphatic carbocycles. The Kier molecular flexibility index (Phi) is 4.05. The van der Waals surface area contributed by atoms with E-state index >= 15 is 0 Å². The quantitative estimate of drug-likeness (QED) is 0.912. The number of nitrogens with zero attached hydrogens (tertiary/aromatic N) is 2. The van der Waals surface area contributed by atoms with Gasteiger partial charge in [0, 0.05) is 12.4 Å². The summed E-state index contributed by atoms with van der Waals surface area (Å²) >= 11 is 0. The number of likely N-dealkylation sites (N-methyl/N-ethyl adjacent to an activating group) is 1. The summed E-state index contributed by atoms with van der Waals surface area (Å²) in [5, 5.41) is 7.62. The molecule has 0 aliphatic heterocycles. The van der Waals surface area contributed by atoms with Crippen LogP contribution in [0.1, 0.15) is 37.9 Å². The zero-order valence-corrected chi connectivity index (χ0v) is 12.2. The van der Waals surface area contributed by atoms with Gasteiger partial charge in [-0.05, 0) is 29.7 Å². The molecular weight excluding hydrogens is 234 g/mol. The van der Waals surface area contributed by atoms with Crippen molar-refractivity contribution in [3.63, 3.8) is 0 Å². The summed E-state index contributed by atoms with van der Waals surface area (Å²) in [6.07, 6.45) is 3.81. The molecule has 0 amide bonds. The molecule has 19 heavy (non-hydrogen) atoms. The van der Waals surface area contributed by atoms with E-state index in [9.17, 15) is 0 Å². The summed E-state index contributed by atoms with van der Waals surface area (Å²) in [5.74, 6) is 0. The molecule has 1 unspecified atom stereocenters. The van der Waals surface area contributed by atoms with Crippen LogP contribution < -0.4 is 5.32 Å². The van der Waals surface area contributed by atoms with Crippen molar-refractivity contribution in [2.75, 3.05) is 7.05 Å². The van der Waals surface area contributed by atoms with Crippen LogP contribution in [0.5, 0.6) is 0 Å². The first-order valence-electron chi connectivity index (χ1n) is 6.76. The summed E-state index contributed by atoms with van der Waals surface area (Å²) in [6.45, 7) is 7.56. The van der Waals surface area contributed by atoms with E-state index in [1.165, 1.54) is 11.1 Å². The van der Waals surface area contributed by atoms with Crippen molar-refractivity contribution in [3.05, 3.63) is 53.9 Å². The fourth-order valence-corrected chi connectivity index (χ4v) is 2.17. The zero-order valence-electron chi connectivity index (χ0n) is 12.2. The van der Waals surface area contributed by atoms with Crippen molar-refractivity contribution < 1.29 is 0 Å². The van der Waals surface area contributed by atoms with Gasteiger partial charge in [0.25, 0.3) is 0 Å². The maximum atomic E-state index is 4.26. The van der Waals surface area contributed by atoms with E-state index in [4.69, 9.17) is 0 Å². The molecule has 0 aliphatic rings. The number of rotatable bonds is 4. The van der Waals surface area contributed by atoms with Gasteiger partial charge in [0.2, 0.25) is 0 Å². The molecule has 0 radical (unpaired) electrons. The van der Waals surface area contributed by atoms with Crippen LogP contribution in [0, 0.1) is 0 Å². The molecule has 2 rings (SSSR count). The molecule has 0 fully saturated rings. The Balaban J connectivity index is 2.15. The fraction of sp³-hybridized carbons (Fsp3) is 0.438. The normalized spacial score (nSPS) is 13.5. The van der Waals surface area contributed by atoms with Gasteiger partial charge in [0.1, 0.15) is 0 Å². The van der Waals surface area contributed by atoms with Crippen LogP contribution in [-0.2, 0) is 12.0 Å². The Morgan fingerprint density at radius 1 is 1.21 bits per heavy atom. The third kappa shape index (κ3) is 3.44. The second kappa shape index (κ2) is 5.57. The lowest BCUT2D eigenvalue weighted by atomic mass is 9.86. The zero-order chi connectivity index (χ0) is 13.9. The third-order valence-corrected chi connectivity index (χ3v) is 3.46. The van der Waals surface area contributed by atoms with Crippen LogP contribution >= 0.6 is 0 Å². The van der Waals surface area contributed by atoms with Crippen LogP contribution in [0.25, 0.3) is 0 Å². The minimum Gasteiger partial charge on any atom is -0.311 e. The van der Waals surface area contributed by atoms with Crippen molar-refractivity contribution in [3.8, 4) is 0 Å². The molecule has 1 aromatic heterocycles. The molecule has 1 N–H and O–H groups in total. The van der Waals surface area contributed by atoms with E-state index in [0.717, 1.165) is 6.54 Å². The summed E-state index contributed by atoms with van der Waals surface area (Å²) in [7, 11) is 1.99. The molecule has 0 saturated heterocycles. The van der Waals surface area contributed by atoms with Gasteiger partial charge >= 0.3 is 0 Å². The van der Waals surface area contributed by atoms with Gasteiger partial charge in [-0.2, -0.15) is 5.10 Å². The van der Waals surface area contributed by atoms with Gasteiger partial charge in [0.15, 0.2) is 0 Å². The smallest absolute Gasteiger partial charge is 0.0604 e. The van der Waals surface area contributed by atoms with Crippen LogP contribution in [0.3, 0.4) is 0 Å². The van der Waals surface area contributed by atoms with Gasteiger partial charge in [0.05, 0.1) is 12.6 Å². The lowest BCUT2D eigenvalue weighted by Gasteiger charge is -2.21. The number of benzene rings is 1. The summed E-state index contributed by atoms with van der Waals surface area (Å²) in [4.78, 5) is 0. The SMILES string of the molecule is CNC(Cn1cccn1)c1ccc(C(C)(C)C)cc1. The average molecular weight is 257 g/mol. The molecule has 3 nitrogen and oxygen atoms in total. The highest BCUT2D eigenvalue weighted by molar-refractivity contribution is 5.29. The highest BCUT2D eigenvalue weighted by atomic mass is 15.3. The first kappa shape index (κ1) is 13.8. The Labute approximate surface area is 115 Å². The molecule has 0 bridgehead atoms. The van der Waals surface area contributed by atoms with E-state index in [2.05, 4.69) is 55.5 Å². The molecule has 1 atom stereocenters. The Hall–Kier alpha value is -1.61. The standard InChI is InChI=1S/C16H23N3/c1-16(2,3)14-8-6-13(7-9-14)15(17-4)12-19-11-5-10-18-19/h5-11,15,17H,12H2,1-4H3. The average Bonchev–Trinajstić information content (AvgIpc) is 2.88. The number of hydrogen-bond donors (Lipinski definition) is 1. The highest BCUT2D eigenvalue weighted by Gasteiger charge is 2.15. The second-order valence-corrected chi connectivity index (χ2v) is 5.94. The van der Waals surface area contributed by atoms with Crippen LogP contribution in [-0.4, -0.2) is 16.8 Å². The number of nitrogens with one attached hydrogen (secondary N) is 1. The summed E-state index contributed by atoms with van der Waals surface area (Å²) in [5.41, 5.74) is 2.87. The molecule has 0 saturated carbocycles. The van der Waals surface area contributed by atoms with E-state index in [0.29, 0.717) is 0 Å². The maximum Gasteiger partial charge on any atom is 0.0604 e. The molecular formula is C16H23N3. The second-order valence-electron chi connectivity index (χ2n) is 5.94. The minimum absolute atomic E-state index is 0.204. The molecule has 2 aromatic rings. The Morgan fingerprint density at radius 2 is 1.89 bits per heavy atom. The van der Waals surface area contributed by atoms with Crippen LogP contribution in [0.4, 0.5) is 0 Å². The highest BCUT2D eigenvalue weighted by Crippen LogP contribution is 2.24. The predicted octanol–water partition coefficient (Wildman–Crippen LogP) is 3.14. The van der Waals surface area contributed by atoms with E-state index in [1.807, 2.05) is 30.2 Å². The monoisotopic (exact) mass is 257 g/mol. The van der Waals surface area contributed by atoms with Crippen molar-refractivity contribution in [2.24, 2.45) is 0 Å². The third-order valence-electron chi connectivity index (χ3n) is 3.46. The van der Waals surface area contributed by atoms with Gasteiger partial charge < -0.3 is 5.32 Å². The predicted molar refractivity (Wildman–Crippen MR) is 79.2 cm³/mol. The summed E-state index contributed by atoms with van der Waals surface area (Å²) in [6, 6.07) is 11.1. The molecule has 0 spiro atoms. The van der Waals surface area contributed by atoms with Gasteiger partial charge in [-0.1, -0.05) is 45.0 Å². The van der Waals surface area contributed by atoms with E-state index in [-0.39, 0.29) is 11.5 Å². The maximum absolute atomic E-state index is 4.26. The van der Waals surface area contributed by atoms with Crippen LogP contribution in [0.15, 0.2) is 42.7 Å². The summed E-state index contributed by atoms with van der Waals surface area (Å²) < 4.78 is 1.96.